The van der Waals surface area contributed by atoms with Gasteiger partial charge in [0, 0.05) is 0 Å². The van der Waals surface area contributed by atoms with E-state index < -0.39 is 188 Å². The lowest BCUT2D eigenvalue weighted by molar-refractivity contribution is -0.374. The summed E-state index contributed by atoms with van der Waals surface area (Å²) in [6.07, 6.45) is -27.8. The summed E-state index contributed by atoms with van der Waals surface area (Å²) >= 11 is 0. The van der Waals surface area contributed by atoms with E-state index in [1.165, 1.54) is 0 Å². The second-order valence-corrected chi connectivity index (χ2v) is 26.0. The molecule has 4 saturated heterocycles. The van der Waals surface area contributed by atoms with Gasteiger partial charge in [0.1, 0.15) is 90.9 Å². The molecule has 9 rings (SSSR count). The van der Waals surface area contributed by atoms with Crippen molar-refractivity contribution < 1.29 is 119 Å². The number of aliphatic carboxylic acids is 1. The van der Waals surface area contributed by atoms with Crippen LogP contribution < -0.4 is 0 Å². The maximum atomic E-state index is 15.1. The lowest BCUT2D eigenvalue weighted by Gasteiger charge is -2.71. The number of fused-ring (bicyclic) bond motifs is 7. The first-order valence-electron chi connectivity index (χ1n) is 27.3. The molecule has 0 bridgehead atoms. The summed E-state index contributed by atoms with van der Waals surface area (Å²) in [7, 11) is 0. The number of hydrogen-bond donors (Lipinski definition) is 14. The third-order valence-corrected chi connectivity index (χ3v) is 21.0. The molecule has 0 aromatic carbocycles. The Bertz CT molecular complexity index is 2180. The number of carbonyl (C=O) groups excluding carboxylic acids is 1. The SMILES string of the molecule is CC1(C)CCC2(C(=O)OC3OCC(O)C(OC4OC(CO)C(O)C(O)C4O)C3O)C(O)CC3(C)C(=CCC4C5(C)CCC(OC6OC(C(=O)O)C(O)C(O)C6OC6OC(CO)C(O)C(O)C6O)C(C)(C)C5CCC43C)C2C1. The molecular formula is C53H84O24. The Balaban J connectivity index is 0.956. The predicted octanol–water partition coefficient (Wildman–Crippen LogP) is -2.33. The molecule has 24 nitrogen and oxygen atoms in total. The number of aliphatic hydroxyl groups is 13. The lowest BCUT2D eigenvalue weighted by Crippen LogP contribution is -2.68. The molecular weight excluding hydrogens is 1020 g/mol. The zero-order valence-electron chi connectivity index (χ0n) is 44.8. The average Bonchev–Trinajstić information content (AvgIpc) is 3.54. The minimum absolute atomic E-state index is 0.0188. The number of carboxylic acids is 1. The van der Waals surface area contributed by atoms with E-state index in [2.05, 4.69) is 54.5 Å². The summed E-state index contributed by atoms with van der Waals surface area (Å²) in [6, 6.07) is 0. The van der Waals surface area contributed by atoms with Gasteiger partial charge >= 0.3 is 11.9 Å². The summed E-state index contributed by atoms with van der Waals surface area (Å²) in [5.41, 5.74) is -2.73. The molecule has 24 heteroatoms. The molecule has 8 fully saturated rings. The van der Waals surface area contributed by atoms with E-state index in [0.29, 0.717) is 44.9 Å². The van der Waals surface area contributed by atoms with E-state index >= 15 is 4.79 Å². The van der Waals surface area contributed by atoms with Gasteiger partial charge in [-0.2, -0.15) is 0 Å². The number of aliphatic hydroxyl groups excluding tert-OH is 13. The molecule has 0 aromatic heterocycles. The van der Waals surface area contributed by atoms with Crippen LogP contribution in [0.1, 0.15) is 106 Å². The highest BCUT2D eigenvalue weighted by Crippen LogP contribution is 2.76. The zero-order chi connectivity index (χ0) is 56.4. The lowest BCUT2D eigenvalue weighted by atomic mass is 9.33. The van der Waals surface area contributed by atoms with Crippen LogP contribution in [0.2, 0.25) is 0 Å². The fourth-order valence-electron chi connectivity index (χ4n) is 16.3. The Kier molecular flexibility index (Phi) is 16.4. The van der Waals surface area contributed by atoms with Crippen LogP contribution in [0.25, 0.3) is 0 Å². The minimum Gasteiger partial charge on any atom is -0.479 e. The van der Waals surface area contributed by atoms with E-state index in [1.54, 1.807) is 0 Å². The fraction of sp³-hybridized carbons (Fsp3) is 0.925. The third kappa shape index (κ3) is 9.55. The number of esters is 1. The number of ether oxygens (including phenoxy) is 8. The largest absolute Gasteiger partial charge is 0.479 e. The molecule has 4 aliphatic heterocycles. The molecule has 0 amide bonds. The van der Waals surface area contributed by atoms with Crippen molar-refractivity contribution in [1.82, 2.24) is 0 Å². The van der Waals surface area contributed by atoms with Gasteiger partial charge in [-0.1, -0.05) is 60.1 Å². The van der Waals surface area contributed by atoms with Crippen LogP contribution in [-0.4, -0.2) is 232 Å². The van der Waals surface area contributed by atoms with Crippen LogP contribution in [-0.2, 0) is 47.5 Å². The van der Waals surface area contributed by atoms with Gasteiger partial charge in [-0.3, -0.25) is 4.79 Å². The van der Waals surface area contributed by atoms with Crippen molar-refractivity contribution in [2.75, 3.05) is 19.8 Å². The van der Waals surface area contributed by atoms with Gasteiger partial charge in [-0.15, -0.1) is 0 Å². The fourth-order valence-corrected chi connectivity index (χ4v) is 16.3. The van der Waals surface area contributed by atoms with Gasteiger partial charge in [0.05, 0.1) is 32.0 Å². The molecule has 28 atom stereocenters. The maximum absolute atomic E-state index is 15.1. The standard InChI is InChI=1S/C53H84O24/c1-48(2)14-15-53(47(69)77-43-38(66)39(23(56)20-70-43)74-44-36(64)32(60)30(58)24(18-54)71-44)22(16-48)21-8-9-27-50(5)12-11-29(49(3,4)26(50)10-13-51(27,6)52(21,7)17-28(53)57)73-46-41(35(63)34(62)40(75-46)42(67)68)76-45-37(65)33(61)31(59)25(19-55)72-45/h8,22-41,43-46,54-66H,9-20H2,1-7H3,(H,67,68). The molecule has 9 aliphatic rings. The summed E-state index contributed by atoms with van der Waals surface area (Å²) in [6.45, 7) is 13.2. The van der Waals surface area contributed by atoms with Crippen LogP contribution in [0, 0.1) is 50.2 Å². The van der Waals surface area contributed by atoms with Crippen LogP contribution in [0.4, 0.5) is 0 Å². The van der Waals surface area contributed by atoms with E-state index in [9.17, 15) is 76.3 Å². The number of carbonyl (C=O) groups is 2. The quantitative estimate of drug-likeness (QED) is 0.0586. The van der Waals surface area contributed by atoms with Crippen molar-refractivity contribution in [3.05, 3.63) is 11.6 Å². The number of hydrogen-bond acceptors (Lipinski definition) is 23. The van der Waals surface area contributed by atoms with Gasteiger partial charge in [0.15, 0.2) is 25.0 Å². The number of allylic oxidation sites excluding steroid dienone is 2. The van der Waals surface area contributed by atoms with Crippen molar-refractivity contribution in [1.29, 1.82) is 0 Å². The Morgan fingerprint density at radius 1 is 0.610 bits per heavy atom. The summed E-state index contributed by atoms with van der Waals surface area (Å²) in [5, 5.41) is 150. The third-order valence-electron chi connectivity index (χ3n) is 21.0. The molecule has 0 spiro atoms. The van der Waals surface area contributed by atoms with Gasteiger partial charge in [0.2, 0.25) is 6.29 Å². The molecule has 4 heterocycles. The summed E-state index contributed by atoms with van der Waals surface area (Å²) in [4.78, 5) is 27.4. The smallest absolute Gasteiger partial charge is 0.335 e. The van der Waals surface area contributed by atoms with Gasteiger partial charge in [-0.05, 0) is 103 Å². The molecule has 0 aromatic rings. The Morgan fingerprint density at radius 3 is 1.79 bits per heavy atom. The number of carboxylic acid groups (broad SMARTS) is 1. The van der Waals surface area contributed by atoms with E-state index in [0.717, 1.165) is 5.57 Å². The van der Waals surface area contributed by atoms with Gasteiger partial charge < -0.3 is 109 Å². The van der Waals surface area contributed by atoms with Crippen LogP contribution >= 0.6 is 0 Å². The van der Waals surface area contributed by atoms with Crippen molar-refractivity contribution >= 4 is 11.9 Å². The second-order valence-electron chi connectivity index (χ2n) is 26.0. The van der Waals surface area contributed by atoms with Crippen molar-refractivity contribution in [3.63, 3.8) is 0 Å². The summed E-state index contributed by atoms with van der Waals surface area (Å²) < 4.78 is 47.1. The topological polar surface area (TPSA) is 391 Å². The minimum atomic E-state index is -2.02. The van der Waals surface area contributed by atoms with Crippen molar-refractivity contribution in [2.24, 2.45) is 50.2 Å². The summed E-state index contributed by atoms with van der Waals surface area (Å²) in [5.74, 6) is -2.84. The molecule has 4 saturated carbocycles. The van der Waals surface area contributed by atoms with Crippen LogP contribution in [0.5, 0.6) is 0 Å². The zero-order valence-corrected chi connectivity index (χ0v) is 44.8. The highest BCUT2D eigenvalue weighted by molar-refractivity contribution is 5.80. The Hall–Kier alpha value is -2.12. The van der Waals surface area contributed by atoms with Gasteiger partial charge in [0.25, 0.3) is 0 Å². The first-order valence-corrected chi connectivity index (χ1v) is 27.3. The van der Waals surface area contributed by atoms with E-state index in [4.69, 9.17) is 37.9 Å². The predicted molar refractivity (Wildman–Crippen MR) is 259 cm³/mol. The number of rotatable bonds is 11. The van der Waals surface area contributed by atoms with Gasteiger partial charge in [-0.25, -0.2) is 4.79 Å². The van der Waals surface area contributed by atoms with E-state index in [1.807, 2.05) is 0 Å². The van der Waals surface area contributed by atoms with Crippen molar-refractivity contribution in [3.8, 4) is 0 Å². The molecule has 0 radical (unpaired) electrons. The molecule has 5 aliphatic carbocycles. The average molecular weight is 1110 g/mol. The molecule has 14 N–H and O–H groups in total. The van der Waals surface area contributed by atoms with E-state index in [-0.39, 0.29) is 35.5 Å². The monoisotopic (exact) mass is 1100 g/mol. The Labute approximate surface area is 446 Å². The highest BCUT2D eigenvalue weighted by atomic mass is 16.8. The molecule has 440 valence electrons. The second kappa shape index (κ2) is 21.3. The normalized spacial score (nSPS) is 53.4. The van der Waals surface area contributed by atoms with Crippen LogP contribution in [0.3, 0.4) is 0 Å². The maximum Gasteiger partial charge on any atom is 0.335 e. The first-order chi connectivity index (χ1) is 35.9. The van der Waals surface area contributed by atoms with Crippen molar-refractivity contribution in [2.45, 2.75) is 235 Å². The first kappa shape index (κ1) is 59.5. The molecule has 28 unspecified atom stereocenters. The Morgan fingerprint density at radius 2 is 1.21 bits per heavy atom. The van der Waals surface area contributed by atoms with Crippen LogP contribution in [0.15, 0.2) is 11.6 Å². The molecule has 77 heavy (non-hydrogen) atoms. The highest BCUT2D eigenvalue weighted by Gasteiger charge is 2.72.